The maximum absolute atomic E-state index is 11.3. The van der Waals surface area contributed by atoms with E-state index in [4.69, 9.17) is 17.3 Å². The molecule has 0 saturated heterocycles. The quantitative estimate of drug-likeness (QED) is 0.747. The average Bonchev–Trinajstić information content (AvgIpc) is 3.27. The number of benzene rings is 1. The molecular weight excluding hydrogens is 340 g/mol. The highest BCUT2D eigenvalue weighted by atomic mass is 35.5. The highest BCUT2D eigenvalue weighted by Gasteiger charge is 2.24. The van der Waals surface area contributed by atoms with E-state index in [1.165, 1.54) is 11.1 Å². The minimum absolute atomic E-state index is 0.0317. The van der Waals surface area contributed by atoms with Crippen molar-refractivity contribution in [2.75, 3.05) is 0 Å². The SMILES string of the molecule is Cc1[nH]nc(-c2nc(CC(N)=O)nn2-c2cccc3c2CCC3)c1Cl. The fourth-order valence-corrected chi connectivity index (χ4v) is 3.44. The first-order valence-electron chi connectivity index (χ1n) is 8.11. The summed E-state index contributed by atoms with van der Waals surface area (Å²) in [5.41, 5.74) is 10.1. The Kier molecular flexibility index (Phi) is 3.80. The van der Waals surface area contributed by atoms with E-state index < -0.39 is 5.91 Å². The molecule has 7 nitrogen and oxygen atoms in total. The zero-order valence-electron chi connectivity index (χ0n) is 13.7. The number of nitrogens with zero attached hydrogens (tertiary/aromatic N) is 4. The Morgan fingerprint density at radius 3 is 2.96 bits per heavy atom. The zero-order chi connectivity index (χ0) is 17.6. The van der Waals surface area contributed by atoms with E-state index in [0.29, 0.717) is 22.4 Å². The van der Waals surface area contributed by atoms with Gasteiger partial charge in [0.1, 0.15) is 5.69 Å². The van der Waals surface area contributed by atoms with Crippen molar-refractivity contribution >= 4 is 17.5 Å². The Hall–Kier alpha value is -2.67. The molecule has 0 spiro atoms. The fraction of sp³-hybridized carbons (Fsp3) is 0.294. The molecule has 0 atom stereocenters. The van der Waals surface area contributed by atoms with Crippen molar-refractivity contribution in [1.82, 2.24) is 25.0 Å². The number of amides is 1. The zero-order valence-corrected chi connectivity index (χ0v) is 14.5. The number of fused-ring (bicyclic) bond motifs is 1. The first-order valence-corrected chi connectivity index (χ1v) is 8.48. The van der Waals surface area contributed by atoms with E-state index in [1.807, 2.05) is 19.1 Å². The number of nitrogens with one attached hydrogen (secondary N) is 1. The lowest BCUT2D eigenvalue weighted by molar-refractivity contribution is -0.117. The smallest absolute Gasteiger partial charge is 0.225 e. The van der Waals surface area contributed by atoms with Gasteiger partial charge in [-0.1, -0.05) is 23.7 Å². The molecule has 1 aromatic carbocycles. The number of halogens is 1. The van der Waals surface area contributed by atoms with Gasteiger partial charge >= 0.3 is 0 Å². The second kappa shape index (κ2) is 6.00. The largest absolute Gasteiger partial charge is 0.369 e. The Bertz CT molecular complexity index is 974. The maximum atomic E-state index is 11.3. The van der Waals surface area contributed by atoms with Crippen LogP contribution in [0.4, 0.5) is 0 Å². The summed E-state index contributed by atoms with van der Waals surface area (Å²) >= 11 is 6.37. The molecule has 3 N–H and O–H groups in total. The van der Waals surface area contributed by atoms with Crippen molar-refractivity contribution in [3.8, 4) is 17.2 Å². The number of aromatic amines is 1. The Morgan fingerprint density at radius 2 is 2.24 bits per heavy atom. The van der Waals surface area contributed by atoms with Crippen molar-refractivity contribution in [3.05, 3.63) is 45.9 Å². The van der Waals surface area contributed by atoms with E-state index in [9.17, 15) is 4.79 Å². The molecule has 0 aliphatic heterocycles. The van der Waals surface area contributed by atoms with Crippen LogP contribution in [0.3, 0.4) is 0 Å². The fourth-order valence-electron chi connectivity index (χ4n) is 3.27. The van der Waals surface area contributed by atoms with E-state index in [2.05, 4.69) is 26.3 Å². The van der Waals surface area contributed by atoms with Gasteiger partial charge in [-0.2, -0.15) is 10.2 Å². The maximum Gasteiger partial charge on any atom is 0.225 e. The van der Waals surface area contributed by atoms with Crippen LogP contribution in [0.1, 0.15) is 29.1 Å². The van der Waals surface area contributed by atoms with Crippen LogP contribution in [0.15, 0.2) is 18.2 Å². The van der Waals surface area contributed by atoms with Crippen molar-refractivity contribution in [2.45, 2.75) is 32.6 Å². The molecule has 0 radical (unpaired) electrons. The number of hydrogen-bond acceptors (Lipinski definition) is 4. The number of carbonyl (C=O) groups excluding carboxylic acids is 1. The number of nitrogens with two attached hydrogens (primary N) is 1. The molecule has 8 heteroatoms. The summed E-state index contributed by atoms with van der Waals surface area (Å²) < 4.78 is 1.73. The summed E-state index contributed by atoms with van der Waals surface area (Å²) in [5.74, 6) is 0.381. The Balaban J connectivity index is 1.92. The number of aromatic nitrogens is 5. The van der Waals surface area contributed by atoms with Gasteiger partial charge in [-0.3, -0.25) is 9.89 Å². The van der Waals surface area contributed by atoms with Gasteiger partial charge in [0.15, 0.2) is 11.6 Å². The topological polar surface area (TPSA) is 102 Å². The van der Waals surface area contributed by atoms with Crippen LogP contribution in [0.25, 0.3) is 17.2 Å². The molecule has 0 bridgehead atoms. The summed E-state index contributed by atoms with van der Waals surface area (Å²) in [6.07, 6.45) is 3.13. The minimum Gasteiger partial charge on any atom is -0.369 e. The van der Waals surface area contributed by atoms with Crippen LogP contribution >= 0.6 is 11.6 Å². The highest BCUT2D eigenvalue weighted by molar-refractivity contribution is 6.33. The van der Waals surface area contributed by atoms with Gasteiger partial charge in [-0.25, -0.2) is 9.67 Å². The van der Waals surface area contributed by atoms with E-state index in [1.54, 1.807) is 4.68 Å². The Labute approximate surface area is 149 Å². The molecule has 25 heavy (non-hydrogen) atoms. The summed E-state index contributed by atoms with van der Waals surface area (Å²) in [4.78, 5) is 15.8. The Morgan fingerprint density at radius 1 is 1.40 bits per heavy atom. The van der Waals surface area contributed by atoms with Gasteiger partial charge in [0.2, 0.25) is 5.91 Å². The van der Waals surface area contributed by atoms with Gasteiger partial charge in [0.05, 0.1) is 22.8 Å². The predicted octanol–water partition coefficient (Wildman–Crippen LogP) is 2.14. The normalized spacial score (nSPS) is 13.2. The number of H-pyrrole nitrogens is 1. The molecule has 2 heterocycles. The molecule has 1 aliphatic rings. The number of carbonyl (C=O) groups is 1. The summed E-state index contributed by atoms with van der Waals surface area (Å²) in [5, 5.41) is 12.1. The van der Waals surface area contributed by atoms with Gasteiger partial charge < -0.3 is 5.73 Å². The number of primary amides is 1. The van der Waals surface area contributed by atoms with Crippen molar-refractivity contribution < 1.29 is 4.79 Å². The van der Waals surface area contributed by atoms with Crippen LogP contribution in [0.5, 0.6) is 0 Å². The van der Waals surface area contributed by atoms with Gasteiger partial charge in [0.25, 0.3) is 0 Å². The van der Waals surface area contributed by atoms with Crippen molar-refractivity contribution in [3.63, 3.8) is 0 Å². The summed E-state index contributed by atoms with van der Waals surface area (Å²) in [7, 11) is 0. The molecule has 0 unspecified atom stereocenters. The van der Waals surface area contributed by atoms with Gasteiger partial charge in [-0.15, -0.1) is 0 Å². The molecule has 3 aromatic rings. The van der Waals surface area contributed by atoms with Crippen LogP contribution in [-0.2, 0) is 24.1 Å². The lowest BCUT2D eigenvalue weighted by Crippen LogP contribution is -2.14. The predicted molar refractivity (Wildman–Crippen MR) is 93.6 cm³/mol. The van der Waals surface area contributed by atoms with Crippen LogP contribution < -0.4 is 5.73 Å². The molecule has 0 fully saturated rings. The minimum atomic E-state index is -0.480. The molecule has 1 aliphatic carbocycles. The van der Waals surface area contributed by atoms with E-state index in [-0.39, 0.29) is 6.42 Å². The van der Waals surface area contributed by atoms with Crippen molar-refractivity contribution in [2.24, 2.45) is 5.73 Å². The van der Waals surface area contributed by atoms with Crippen LogP contribution in [0, 0.1) is 6.92 Å². The number of hydrogen-bond donors (Lipinski definition) is 2. The molecular formula is C17H17ClN6O. The monoisotopic (exact) mass is 356 g/mol. The molecule has 1 amide bonds. The molecule has 128 valence electrons. The third kappa shape index (κ3) is 2.70. The number of aryl methyl sites for hydroxylation is 2. The molecule has 4 rings (SSSR count). The summed E-state index contributed by atoms with van der Waals surface area (Å²) in [6.45, 7) is 1.84. The van der Waals surface area contributed by atoms with Gasteiger partial charge in [0, 0.05) is 0 Å². The van der Waals surface area contributed by atoms with E-state index in [0.717, 1.165) is 30.6 Å². The lowest BCUT2D eigenvalue weighted by Gasteiger charge is -2.10. The molecule has 0 saturated carbocycles. The van der Waals surface area contributed by atoms with Crippen LogP contribution in [0.2, 0.25) is 5.02 Å². The third-order valence-electron chi connectivity index (χ3n) is 4.42. The third-order valence-corrected chi connectivity index (χ3v) is 4.88. The summed E-state index contributed by atoms with van der Waals surface area (Å²) in [6, 6.07) is 6.15. The highest BCUT2D eigenvalue weighted by Crippen LogP contribution is 2.32. The standard InChI is InChI=1S/C17H17ClN6O/c1-9-15(18)16(22-21-9)17-20-14(8-13(19)25)23-24(17)12-7-3-5-10-4-2-6-11(10)12/h3,5,7H,2,4,6,8H2,1H3,(H2,19,25)(H,21,22). The molecule has 2 aromatic heterocycles. The van der Waals surface area contributed by atoms with Gasteiger partial charge in [-0.05, 0) is 43.4 Å². The van der Waals surface area contributed by atoms with E-state index >= 15 is 0 Å². The van der Waals surface area contributed by atoms with Crippen LogP contribution in [-0.4, -0.2) is 30.9 Å². The first-order chi connectivity index (χ1) is 12.0. The second-order valence-corrected chi connectivity index (χ2v) is 6.56. The first kappa shape index (κ1) is 15.8. The van der Waals surface area contributed by atoms with Crippen molar-refractivity contribution in [1.29, 1.82) is 0 Å². The number of rotatable bonds is 4. The second-order valence-electron chi connectivity index (χ2n) is 6.19. The average molecular weight is 357 g/mol. The lowest BCUT2D eigenvalue weighted by atomic mass is 10.1.